The minimum absolute atomic E-state index is 0.00428. The smallest absolute Gasteiger partial charge is 0.321 e. The molecule has 0 bridgehead atoms. The Balaban J connectivity index is 5.25. The average Bonchev–Trinajstić information content (AvgIpc) is 2.23. The molecule has 0 fully saturated rings. The van der Waals surface area contributed by atoms with Crippen LogP contribution >= 0.6 is 0 Å². The minimum atomic E-state index is -1.09. The molecule has 0 aliphatic rings. The van der Waals surface area contributed by atoms with Gasteiger partial charge in [-0.05, 0) is 47.5 Å². The number of Topliss-reactive ketones (excluding diaryl/α,β-unsaturated/α-hetero) is 1. The van der Waals surface area contributed by atoms with Crippen molar-refractivity contribution >= 4 is 17.7 Å². The topological polar surface area (TPSA) is 69.7 Å². The lowest BCUT2D eigenvalue weighted by Crippen LogP contribution is -2.40. The number of carbonyl (C=O) groups excluding carboxylic acids is 3. The summed E-state index contributed by atoms with van der Waals surface area (Å²) >= 11 is 0. The lowest BCUT2D eigenvalue weighted by Gasteiger charge is -2.28. The van der Waals surface area contributed by atoms with Gasteiger partial charge in [-0.25, -0.2) is 0 Å². The zero-order valence-corrected chi connectivity index (χ0v) is 15.1. The molecule has 0 aliphatic carbocycles. The summed E-state index contributed by atoms with van der Waals surface area (Å²) in [6.45, 7) is 13.9. The molecule has 0 aromatic carbocycles. The van der Waals surface area contributed by atoms with Gasteiger partial charge in [0.2, 0.25) is 0 Å². The van der Waals surface area contributed by atoms with Gasteiger partial charge in [-0.3, -0.25) is 14.4 Å². The summed E-state index contributed by atoms with van der Waals surface area (Å²) in [5.74, 6) is -2.83. The lowest BCUT2D eigenvalue weighted by atomic mass is 9.88. The zero-order chi connectivity index (χ0) is 17.7. The van der Waals surface area contributed by atoms with Gasteiger partial charge in [0.05, 0.1) is 0 Å². The van der Waals surface area contributed by atoms with Crippen LogP contribution in [0.1, 0.15) is 68.2 Å². The quantitative estimate of drug-likeness (QED) is 0.556. The van der Waals surface area contributed by atoms with Crippen LogP contribution in [0, 0.1) is 11.8 Å². The van der Waals surface area contributed by atoms with E-state index in [2.05, 4.69) is 0 Å². The van der Waals surface area contributed by atoms with E-state index in [1.54, 1.807) is 55.4 Å². The Labute approximate surface area is 133 Å². The Kier molecular flexibility index (Phi) is 7.26. The first-order chi connectivity index (χ1) is 9.76. The predicted octanol–water partition coefficient (Wildman–Crippen LogP) is 3.29. The molecule has 0 radical (unpaired) electrons. The molecule has 0 saturated heterocycles. The van der Waals surface area contributed by atoms with Gasteiger partial charge in [-0.15, -0.1) is 0 Å². The van der Waals surface area contributed by atoms with Crippen molar-refractivity contribution in [3.8, 4) is 0 Å². The van der Waals surface area contributed by atoms with Crippen LogP contribution in [0.2, 0.25) is 0 Å². The van der Waals surface area contributed by atoms with Crippen molar-refractivity contribution in [1.82, 2.24) is 0 Å². The molecule has 0 saturated carbocycles. The predicted molar refractivity (Wildman–Crippen MR) is 84.3 cm³/mol. The molecule has 128 valence electrons. The molecule has 0 N–H and O–H groups in total. The highest BCUT2D eigenvalue weighted by atomic mass is 16.6. The van der Waals surface area contributed by atoms with Crippen molar-refractivity contribution in [2.45, 2.75) is 79.4 Å². The summed E-state index contributed by atoms with van der Waals surface area (Å²) in [6.07, 6.45) is 0.527. The molecule has 22 heavy (non-hydrogen) atoms. The monoisotopic (exact) mass is 314 g/mol. The first-order valence-electron chi connectivity index (χ1n) is 7.74. The molecule has 0 aliphatic heterocycles. The van der Waals surface area contributed by atoms with E-state index in [4.69, 9.17) is 9.47 Å². The van der Waals surface area contributed by atoms with Gasteiger partial charge < -0.3 is 9.47 Å². The van der Waals surface area contributed by atoms with E-state index >= 15 is 0 Å². The van der Waals surface area contributed by atoms with Crippen LogP contribution in [0.15, 0.2) is 0 Å². The number of rotatable bonds is 6. The molecule has 0 amide bonds. The average molecular weight is 314 g/mol. The molecule has 0 spiro atoms. The first-order valence-corrected chi connectivity index (χ1v) is 7.74. The first kappa shape index (κ1) is 20.6. The second kappa shape index (κ2) is 7.75. The van der Waals surface area contributed by atoms with E-state index in [-0.39, 0.29) is 12.2 Å². The highest BCUT2D eigenvalue weighted by Crippen LogP contribution is 2.24. The largest absolute Gasteiger partial charge is 0.459 e. The molecular weight excluding hydrogens is 284 g/mol. The van der Waals surface area contributed by atoms with Crippen molar-refractivity contribution in [2.75, 3.05) is 0 Å². The summed E-state index contributed by atoms with van der Waals surface area (Å²) in [5.41, 5.74) is -1.41. The van der Waals surface area contributed by atoms with Crippen LogP contribution in [0.3, 0.4) is 0 Å². The molecule has 0 heterocycles. The Bertz CT molecular complexity index is 384. The third kappa shape index (κ3) is 8.15. The number of ether oxygens (including phenoxy) is 2. The highest BCUT2D eigenvalue weighted by molar-refractivity contribution is 5.96. The molecule has 1 atom stereocenters. The standard InChI is InChI=1S/C17H30O5/c1-9-12(18)10-11(2)13(14(19)21-16(3,4)5)15(20)22-17(6,7)8/h11,13H,9-10H2,1-8H3. The second-order valence-corrected chi connectivity index (χ2v) is 7.62. The summed E-state index contributed by atoms with van der Waals surface area (Å²) in [5, 5.41) is 0. The molecule has 5 heteroatoms. The van der Waals surface area contributed by atoms with Crippen molar-refractivity contribution in [3.05, 3.63) is 0 Å². The van der Waals surface area contributed by atoms with Gasteiger partial charge in [-0.1, -0.05) is 13.8 Å². The Hall–Kier alpha value is -1.39. The maximum absolute atomic E-state index is 12.4. The van der Waals surface area contributed by atoms with Crippen LogP contribution in [-0.4, -0.2) is 28.9 Å². The van der Waals surface area contributed by atoms with Gasteiger partial charge in [0, 0.05) is 12.8 Å². The van der Waals surface area contributed by atoms with Crippen LogP contribution in [0.5, 0.6) is 0 Å². The number of carbonyl (C=O) groups is 3. The van der Waals surface area contributed by atoms with E-state index < -0.39 is 35.0 Å². The zero-order valence-electron chi connectivity index (χ0n) is 15.1. The third-order valence-corrected chi connectivity index (χ3v) is 2.83. The van der Waals surface area contributed by atoms with Crippen molar-refractivity contribution < 1.29 is 23.9 Å². The second-order valence-electron chi connectivity index (χ2n) is 7.62. The SMILES string of the molecule is CCC(=O)CC(C)C(C(=O)OC(C)(C)C)C(=O)OC(C)(C)C. The summed E-state index contributed by atoms with van der Waals surface area (Å²) in [6, 6.07) is 0. The van der Waals surface area contributed by atoms with E-state index in [9.17, 15) is 14.4 Å². The maximum atomic E-state index is 12.4. The lowest BCUT2D eigenvalue weighted by molar-refractivity contribution is -0.177. The van der Waals surface area contributed by atoms with E-state index in [0.29, 0.717) is 6.42 Å². The summed E-state index contributed by atoms with van der Waals surface area (Å²) in [4.78, 5) is 36.4. The Morgan fingerprint density at radius 2 is 1.23 bits per heavy atom. The van der Waals surface area contributed by atoms with Crippen LogP contribution in [-0.2, 0) is 23.9 Å². The number of ketones is 1. The third-order valence-electron chi connectivity index (χ3n) is 2.83. The Morgan fingerprint density at radius 3 is 1.50 bits per heavy atom. The molecule has 0 aromatic rings. The molecule has 1 unspecified atom stereocenters. The molecule has 5 nitrogen and oxygen atoms in total. The number of hydrogen-bond acceptors (Lipinski definition) is 5. The summed E-state index contributed by atoms with van der Waals surface area (Å²) in [7, 11) is 0. The van der Waals surface area contributed by atoms with E-state index in [0.717, 1.165) is 0 Å². The van der Waals surface area contributed by atoms with Crippen LogP contribution in [0.25, 0.3) is 0 Å². The van der Waals surface area contributed by atoms with Gasteiger partial charge in [0.25, 0.3) is 0 Å². The van der Waals surface area contributed by atoms with E-state index in [1.807, 2.05) is 0 Å². The van der Waals surface area contributed by atoms with Crippen molar-refractivity contribution in [1.29, 1.82) is 0 Å². The van der Waals surface area contributed by atoms with Gasteiger partial charge >= 0.3 is 11.9 Å². The van der Waals surface area contributed by atoms with Gasteiger partial charge in [0.15, 0.2) is 5.92 Å². The number of hydrogen-bond donors (Lipinski definition) is 0. The summed E-state index contributed by atoms with van der Waals surface area (Å²) < 4.78 is 10.6. The normalized spacial score (nSPS) is 13.7. The highest BCUT2D eigenvalue weighted by Gasteiger charge is 2.39. The van der Waals surface area contributed by atoms with Crippen LogP contribution < -0.4 is 0 Å². The van der Waals surface area contributed by atoms with Crippen molar-refractivity contribution in [3.63, 3.8) is 0 Å². The fraction of sp³-hybridized carbons (Fsp3) is 0.824. The van der Waals surface area contributed by atoms with Gasteiger partial charge in [0.1, 0.15) is 17.0 Å². The van der Waals surface area contributed by atoms with Crippen molar-refractivity contribution in [2.24, 2.45) is 11.8 Å². The Morgan fingerprint density at radius 1 is 0.864 bits per heavy atom. The fourth-order valence-electron chi connectivity index (χ4n) is 1.91. The molecular formula is C17H30O5. The minimum Gasteiger partial charge on any atom is -0.459 e. The molecule has 0 rings (SSSR count). The number of esters is 2. The fourth-order valence-corrected chi connectivity index (χ4v) is 1.91. The van der Waals surface area contributed by atoms with E-state index in [1.165, 1.54) is 0 Å². The molecule has 0 aromatic heterocycles. The van der Waals surface area contributed by atoms with Gasteiger partial charge in [-0.2, -0.15) is 0 Å². The maximum Gasteiger partial charge on any atom is 0.321 e. The van der Waals surface area contributed by atoms with Crippen LogP contribution in [0.4, 0.5) is 0 Å².